The van der Waals surface area contributed by atoms with E-state index in [0.29, 0.717) is 35.2 Å². The van der Waals surface area contributed by atoms with Gasteiger partial charge in [0.15, 0.2) is 0 Å². The molecule has 5 rings (SSSR count). The van der Waals surface area contributed by atoms with Crippen LogP contribution in [0.5, 0.6) is 0 Å². The molecule has 33 heavy (non-hydrogen) atoms. The van der Waals surface area contributed by atoms with Gasteiger partial charge in [0.25, 0.3) is 5.91 Å². The molecule has 1 amide bonds. The number of aryl methyl sites for hydroxylation is 1. The zero-order valence-corrected chi connectivity index (χ0v) is 17.7. The van der Waals surface area contributed by atoms with Crippen LogP contribution in [-0.4, -0.2) is 37.2 Å². The average Bonchev–Trinajstić information content (AvgIpc) is 3.44. The summed E-state index contributed by atoms with van der Waals surface area (Å²) in [6.45, 7) is 2.27. The molecular weight excluding hydrogens is 423 g/mol. The lowest BCUT2D eigenvalue weighted by molar-refractivity contribution is -0.0963. The van der Waals surface area contributed by atoms with E-state index in [1.807, 2.05) is 6.92 Å². The first-order valence-electron chi connectivity index (χ1n) is 10.3. The molecule has 0 saturated carbocycles. The number of benzene rings is 1. The Morgan fingerprint density at radius 3 is 2.61 bits per heavy atom. The van der Waals surface area contributed by atoms with E-state index in [4.69, 9.17) is 10.6 Å². The number of nitrogens with zero attached hydrogens (tertiary/aromatic N) is 5. The quantitative estimate of drug-likeness (QED) is 0.479. The third-order valence-corrected chi connectivity index (χ3v) is 5.41. The summed E-state index contributed by atoms with van der Waals surface area (Å²) in [5.41, 5.74) is 9.43. The normalized spacial score (nSPS) is 15.5. The number of anilines is 1. The molecule has 1 fully saturated rings. The number of hydrogen-bond donors (Lipinski definition) is 1. The highest BCUT2D eigenvalue weighted by Crippen LogP contribution is 2.33. The Kier molecular flexibility index (Phi) is 5.20. The highest BCUT2D eigenvalue weighted by atomic mass is 19.1. The molecule has 8 nitrogen and oxygen atoms in total. The van der Waals surface area contributed by atoms with Crippen LogP contribution in [0.15, 0.2) is 55.0 Å². The molecule has 0 radical (unpaired) electrons. The fraction of sp³-hybridized carbons (Fsp3) is 0.167. The van der Waals surface area contributed by atoms with Gasteiger partial charge in [0.2, 0.25) is 5.95 Å². The van der Waals surface area contributed by atoms with Gasteiger partial charge < -0.3 is 5.73 Å². The van der Waals surface area contributed by atoms with Crippen molar-refractivity contribution in [2.45, 2.75) is 19.4 Å². The standard InChI is InChI=1S/C24H19FN6O2/c1-15-10-20(23(32)31-21(8-9-33-31)18-4-6-19(25)7-5-18)22-11-16(14-29-30(15)22)2-3-17-12-27-24(26)28-13-17/h4-7,10-14,21H,8-9H2,1H3,(H2,26,27,28). The lowest BCUT2D eigenvalue weighted by Crippen LogP contribution is -2.29. The number of carbonyl (C=O) groups excluding carboxylic acids is 1. The molecule has 164 valence electrons. The molecule has 1 aliphatic heterocycles. The Labute approximate surface area is 188 Å². The molecule has 1 atom stereocenters. The molecular formula is C24H19FN6O2. The summed E-state index contributed by atoms with van der Waals surface area (Å²) in [6, 6.07) is 9.41. The van der Waals surface area contributed by atoms with Crippen molar-refractivity contribution in [1.29, 1.82) is 0 Å². The van der Waals surface area contributed by atoms with Crippen LogP contribution in [0, 0.1) is 24.6 Å². The molecule has 0 aliphatic carbocycles. The second-order valence-corrected chi connectivity index (χ2v) is 7.64. The van der Waals surface area contributed by atoms with Gasteiger partial charge in [-0.25, -0.2) is 23.9 Å². The predicted octanol–water partition coefficient (Wildman–Crippen LogP) is 3.07. The van der Waals surface area contributed by atoms with E-state index < -0.39 is 0 Å². The van der Waals surface area contributed by atoms with Crippen molar-refractivity contribution in [3.8, 4) is 11.8 Å². The number of nitrogens with two attached hydrogens (primary N) is 1. The molecule has 2 N–H and O–H groups in total. The zero-order chi connectivity index (χ0) is 22.9. The third kappa shape index (κ3) is 4.00. The molecule has 3 aromatic heterocycles. The minimum absolute atomic E-state index is 0.179. The van der Waals surface area contributed by atoms with E-state index in [-0.39, 0.29) is 23.7 Å². The van der Waals surface area contributed by atoms with Crippen LogP contribution in [-0.2, 0) is 4.84 Å². The summed E-state index contributed by atoms with van der Waals surface area (Å²) >= 11 is 0. The van der Waals surface area contributed by atoms with Crippen molar-refractivity contribution in [3.63, 3.8) is 0 Å². The van der Waals surface area contributed by atoms with E-state index in [1.54, 1.807) is 35.0 Å². The van der Waals surface area contributed by atoms with Gasteiger partial charge in [-0.1, -0.05) is 24.0 Å². The lowest BCUT2D eigenvalue weighted by atomic mass is 10.0. The third-order valence-electron chi connectivity index (χ3n) is 5.41. The number of fused-ring (bicyclic) bond motifs is 1. The predicted molar refractivity (Wildman–Crippen MR) is 118 cm³/mol. The van der Waals surface area contributed by atoms with Gasteiger partial charge in [0.1, 0.15) is 5.82 Å². The van der Waals surface area contributed by atoms with Crippen molar-refractivity contribution in [2.24, 2.45) is 0 Å². The molecule has 4 heterocycles. The van der Waals surface area contributed by atoms with E-state index >= 15 is 0 Å². The van der Waals surface area contributed by atoms with Crippen molar-refractivity contribution in [2.75, 3.05) is 12.3 Å². The first-order chi connectivity index (χ1) is 16.0. The Morgan fingerprint density at radius 2 is 1.85 bits per heavy atom. The van der Waals surface area contributed by atoms with Crippen LogP contribution in [0.2, 0.25) is 0 Å². The molecule has 1 saturated heterocycles. The number of hydroxylamine groups is 2. The second-order valence-electron chi connectivity index (χ2n) is 7.64. The molecule has 0 spiro atoms. The second kappa shape index (κ2) is 8.33. The number of hydrogen-bond acceptors (Lipinski definition) is 6. The fourth-order valence-electron chi connectivity index (χ4n) is 3.81. The summed E-state index contributed by atoms with van der Waals surface area (Å²) in [4.78, 5) is 27.0. The van der Waals surface area contributed by atoms with Gasteiger partial charge in [-0.05, 0) is 36.8 Å². The van der Waals surface area contributed by atoms with E-state index in [2.05, 4.69) is 26.9 Å². The number of halogens is 1. The maximum absolute atomic E-state index is 13.5. The van der Waals surface area contributed by atoms with Crippen LogP contribution in [0.25, 0.3) is 5.52 Å². The summed E-state index contributed by atoms with van der Waals surface area (Å²) < 4.78 is 15.0. The summed E-state index contributed by atoms with van der Waals surface area (Å²) in [5, 5.41) is 5.80. The maximum atomic E-state index is 13.5. The number of aromatic nitrogens is 4. The highest BCUT2D eigenvalue weighted by molar-refractivity contribution is 6.01. The van der Waals surface area contributed by atoms with Crippen molar-refractivity contribution in [3.05, 3.63) is 88.8 Å². The van der Waals surface area contributed by atoms with Crippen LogP contribution < -0.4 is 5.73 Å². The zero-order valence-electron chi connectivity index (χ0n) is 17.7. The van der Waals surface area contributed by atoms with Crippen molar-refractivity contribution in [1.82, 2.24) is 24.6 Å². The van der Waals surface area contributed by atoms with E-state index in [9.17, 15) is 9.18 Å². The number of amides is 1. The topological polar surface area (TPSA) is 98.6 Å². The monoisotopic (exact) mass is 442 g/mol. The van der Waals surface area contributed by atoms with Crippen LogP contribution in [0.3, 0.4) is 0 Å². The number of rotatable bonds is 2. The largest absolute Gasteiger partial charge is 0.368 e. The van der Waals surface area contributed by atoms with Crippen LogP contribution in [0.1, 0.15) is 45.2 Å². The number of carbonyl (C=O) groups is 1. The summed E-state index contributed by atoms with van der Waals surface area (Å²) in [7, 11) is 0. The SMILES string of the molecule is Cc1cc(C(=O)N2OCCC2c2ccc(F)cc2)c2cc(C#Cc3cnc(N)nc3)cnn12. The van der Waals surface area contributed by atoms with Crippen LogP contribution in [0.4, 0.5) is 10.3 Å². The number of nitrogen functional groups attached to an aromatic ring is 1. The highest BCUT2D eigenvalue weighted by Gasteiger charge is 2.34. The molecule has 0 bridgehead atoms. The minimum atomic E-state index is -0.324. The van der Waals surface area contributed by atoms with Gasteiger partial charge in [-0.15, -0.1) is 0 Å². The Morgan fingerprint density at radius 1 is 1.12 bits per heavy atom. The molecule has 4 aromatic rings. The fourth-order valence-corrected chi connectivity index (χ4v) is 3.81. The Bertz CT molecular complexity index is 1400. The van der Waals surface area contributed by atoms with Crippen molar-refractivity contribution < 1.29 is 14.0 Å². The molecule has 1 aromatic carbocycles. The van der Waals surface area contributed by atoms with Gasteiger partial charge in [0.05, 0.1) is 35.5 Å². The van der Waals surface area contributed by atoms with Gasteiger partial charge in [-0.3, -0.25) is 9.63 Å². The van der Waals surface area contributed by atoms with Gasteiger partial charge >= 0.3 is 0 Å². The van der Waals surface area contributed by atoms with Gasteiger partial charge in [-0.2, -0.15) is 5.10 Å². The van der Waals surface area contributed by atoms with Crippen LogP contribution >= 0.6 is 0 Å². The molecule has 1 unspecified atom stereocenters. The van der Waals surface area contributed by atoms with Crippen molar-refractivity contribution >= 4 is 17.4 Å². The minimum Gasteiger partial charge on any atom is -0.368 e. The lowest BCUT2D eigenvalue weighted by Gasteiger charge is -2.22. The summed E-state index contributed by atoms with van der Waals surface area (Å²) in [6.07, 6.45) is 5.34. The average molecular weight is 442 g/mol. The maximum Gasteiger partial charge on any atom is 0.280 e. The van der Waals surface area contributed by atoms with E-state index in [0.717, 1.165) is 11.3 Å². The first kappa shape index (κ1) is 20.6. The van der Waals surface area contributed by atoms with Gasteiger partial charge in [0, 0.05) is 30.1 Å². The Balaban J connectivity index is 1.48. The summed E-state index contributed by atoms with van der Waals surface area (Å²) in [5.74, 6) is 5.55. The first-order valence-corrected chi connectivity index (χ1v) is 10.3. The Hall–Kier alpha value is -4.29. The smallest absolute Gasteiger partial charge is 0.280 e. The molecule has 1 aliphatic rings. The van der Waals surface area contributed by atoms with E-state index in [1.165, 1.54) is 29.6 Å². The molecule has 9 heteroatoms.